The maximum Gasteiger partial charge on any atom is 0.193 e. The van der Waals surface area contributed by atoms with E-state index in [1.54, 1.807) is 21.3 Å². The fourth-order valence-corrected chi connectivity index (χ4v) is 2.52. The van der Waals surface area contributed by atoms with Gasteiger partial charge in [-0.3, -0.25) is 4.99 Å². The number of guanidine groups is 1. The minimum absolute atomic E-state index is 0.119. The molecule has 0 fully saturated rings. The Kier molecular flexibility index (Phi) is 8.03. The Morgan fingerprint density at radius 3 is 2.24 bits per heavy atom. The number of hydrogen-bond donors (Lipinski definition) is 2. The van der Waals surface area contributed by atoms with Crippen molar-refractivity contribution in [1.82, 2.24) is 15.5 Å². The first-order chi connectivity index (χ1) is 11.7. The van der Waals surface area contributed by atoms with Crippen LogP contribution in [0.5, 0.6) is 11.5 Å². The van der Waals surface area contributed by atoms with Gasteiger partial charge in [-0.25, -0.2) is 0 Å². The summed E-state index contributed by atoms with van der Waals surface area (Å²) < 4.78 is 10.8. The Balaban J connectivity index is 2.71. The van der Waals surface area contributed by atoms with E-state index in [-0.39, 0.29) is 5.54 Å². The molecular formula is C19H34N4O2. The summed E-state index contributed by atoms with van der Waals surface area (Å²) in [5.41, 5.74) is 2.46. The summed E-state index contributed by atoms with van der Waals surface area (Å²) in [5.74, 6) is 2.36. The Morgan fingerprint density at radius 1 is 1.12 bits per heavy atom. The number of rotatable bonds is 7. The molecule has 0 aliphatic heterocycles. The molecule has 0 heterocycles. The molecular weight excluding hydrogens is 316 g/mol. The fraction of sp³-hybridized carbons (Fsp3) is 0.632. The summed E-state index contributed by atoms with van der Waals surface area (Å²) in [6, 6.07) is 4.03. The van der Waals surface area contributed by atoms with E-state index >= 15 is 0 Å². The summed E-state index contributed by atoms with van der Waals surface area (Å²) in [5, 5.41) is 6.85. The molecule has 0 aliphatic carbocycles. The lowest BCUT2D eigenvalue weighted by Crippen LogP contribution is -2.44. The van der Waals surface area contributed by atoms with Gasteiger partial charge in [-0.05, 0) is 51.0 Å². The summed E-state index contributed by atoms with van der Waals surface area (Å²) >= 11 is 0. The number of benzene rings is 1. The molecule has 0 aromatic heterocycles. The van der Waals surface area contributed by atoms with Crippen LogP contribution in [0, 0.1) is 6.92 Å². The Bertz CT molecular complexity index is 580. The van der Waals surface area contributed by atoms with Gasteiger partial charge in [0, 0.05) is 39.3 Å². The summed E-state index contributed by atoms with van der Waals surface area (Å²) in [7, 11) is 7.14. The standard InChI is InChI=1S/C19H34N4O2/c1-14-11-16(24-7)17(25-8)12-15(14)13-23(6)18(20-5)21-9-10-22-19(2,3)4/h11-12,22H,9-10,13H2,1-8H3,(H,20,21). The maximum atomic E-state index is 5.41. The lowest BCUT2D eigenvalue weighted by atomic mass is 10.1. The summed E-state index contributed by atoms with van der Waals surface area (Å²) in [6.45, 7) is 11.0. The van der Waals surface area contributed by atoms with E-state index in [4.69, 9.17) is 9.47 Å². The van der Waals surface area contributed by atoms with Crippen molar-refractivity contribution in [1.29, 1.82) is 0 Å². The molecule has 25 heavy (non-hydrogen) atoms. The molecule has 0 spiro atoms. The molecule has 0 aliphatic rings. The highest BCUT2D eigenvalue weighted by Gasteiger charge is 2.13. The predicted molar refractivity (Wildman–Crippen MR) is 105 cm³/mol. The van der Waals surface area contributed by atoms with Crippen LogP contribution >= 0.6 is 0 Å². The number of nitrogens with one attached hydrogen (secondary N) is 2. The molecule has 1 rings (SSSR count). The second-order valence-corrected chi connectivity index (χ2v) is 7.14. The molecule has 1 aromatic carbocycles. The van der Waals surface area contributed by atoms with Gasteiger partial charge in [-0.15, -0.1) is 0 Å². The van der Waals surface area contributed by atoms with Gasteiger partial charge >= 0.3 is 0 Å². The van der Waals surface area contributed by atoms with Gasteiger partial charge in [0.1, 0.15) is 0 Å². The lowest BCUT2D eigenvalue weighted by molar-refractivity contribution is 0.353. The zero-order chi connectivity index (χ0) is 19.0. The van der Waals surface area contributed by atoms with E-state index < -0.39 is 0 Å². The third-order valence-electron chi connectivity index (χ3n) is 3.89. The molecule has 0 atom stereocenters. The lowest BCUT2D eigenvalue weighted by Gasteiger charge is -2.25. The number of hydrogen-bond acceptors (Lipinski definition) is 4. The van der Waals surface area contributed by atoms with Crippen molar-refractivity contribution in [3.8, 4) is 11.5 Å². The molecule has 0 amide bonds. The van der Waals surface area contributed by atoms with Gasteiger partial charge in [0.25, 0.3) is 0 Å². The van der Waals surface area contributed by atoms with Crippen LogP contribution in [0.25, 0.3) is 0 Å². The van der Waals surface area contributed by atoms with Crippen molar-refractivity contribution < 1.29 is 9.47 Å². The molecule has 0 radical (unpaired) electrons. The van der Waals surface area contributed by atoms with Crippen LogP contribution in [0.3, 0.4) is 0 Å². The van der Waals surface area contributed by atoms with Crippen molar-refractivity contribution in [2.45, 2.75) is 39.8 Å². The van der Waals surface area contributed by atoms with Gasteiger partial charge in [-0.1, -0.05) is 0 Å². The molecule has 0 unspecified atom stereocenters. The van der Waals surface area contributed by atoms with Gasteiger partial charge in [0.2, 0.25) is 0 Å². The molecule has 0 saturated heterocycles. The minimum Gasteiger partial charge on any atom is -0.493 e. The van der Waals surface area contributed by atoms with E-state index in [0.717, 1.165) is 42.7 Å². The average molecular weight is 351 g/mol. The second-order valence-electron chi connectivity index (χ2n) is 7.14. The first kappa shape index (κ1) is 21.1. The van der Waals surface area contributed by atoms with Crippen molar-refractivity contribution >= 4 is 5.96 Å². The first-order valence-electron chi connectivity index (χ1n) is 8.60. The van der Waals surface area contributed by atoms with Gasteiger partial charge < -0.3 is 25.0 Å². The highest BCUT2D eigenvalue weighted by atomic mass is 16.5. The van der Waals surface area contributed by atoms with E-state index in [1.807, 2.05) is 19.2 Å². The Morgan fingerprint density at radius 2 is 1.72 bits per heavy atom. The number of aryl methyl sites for hydroxylation is 1. The SMILES string of the molecule is CN=C(NCCNC(C)(C)C)N(C)Cc1cc(OC)c(OC)cc1C. The van der Waals surface area contributed by atoms with Gasteiger partial charge in [-0.2, -0.15) is 0 Å². The van der Waals surface area contributed by atoms with Crippen molar-refractivity contribution in [3.63, 3.8) is 0 Å². The largest absolute Gasteiger partial charge is 0.493 e. The number of ether oxygens (including phenoxy) is 2. The van der Waals surface area contributed by atoms with Crippen molar-refractivity contribution in [3.05, 3.63) is 23.3 Å². The van der Waals surface area contributed by atoms with Crippen molar-refractivity contribution in [2.75, 3.05) is 41.4 Å². The van der Waals surface area contributed by atoms with Crippen LogP contribution in [0.2, 0.25) is 0 Å². The van der Waals surface area contributed by atoms with Crippen LogP contribution in [0.4, 0.5) is 0 Å². The van der Waals surface area contributed by atoms with Gasteiger partial charge in [0.15, 0.2) is 17.5 Å². The normalized spacial score (nSPS) is 12.1. The zero-order valence-corrected chi connectivity index (χ0v) is 17.0. The third-order valence-corrected chi connectivity index (χ3v) is 3.89. The molecule has 6 heteroatoms. The maximum absolute atomic E-state index is 5.41. The van der Waals surface area contributed by atoms with Crippen LogP contribution < -0.4 is 20.1 Å². The third kappa shape index (κ3) is 6.82. The Labute approximate surface area is 152 Å². The fourth-order valence-electron chi connectivity index (χ4n) is 2.52. The van der Waals surface area contributed by atoms with Crippen molar-refractivity contribution in [2.24, 2.45) is 4.99 Å². The number of aliphatic imine (C=N–C) groups is 1. The van der Waals surface area contributed by atoms with E-state index in [9.17, 15) is 0 Å². The number of nitrogens with zero attached hydrogens (tertiary/aromatic N) is 2. The van der Waals surface area contributed by atoms with Crippen LogP contribution in [-0.4, -0.2) is 57.8 Å². The zero-order valence-electron chi connectivity index (χ0n) is 17.0. The molecule has 142 valence electrons. The quantitative estimate of drug-likeness (QED) is 0.449. The monoisotopic (exact) mass is 350 g/mol. The van der Waals surface area contributed by atoms with Gasteiger partial charge in [0.05, 0.1) is 14.2 Å². The average Bonchev–Trinajstić information content (AvgIpc) is 2.55. The molecule has 2 N–H and O–H groups in total. The van der Waals surface area contributed by atoms with E-state index in [0.29, 0.717) is 0 Å². The smallest absolute Gasteiger partial charge is 0.193 e. The topological polar surface area (TPSA) is 58.1 Å². The highest BCUT2D eigenvalue weighted by molar-refractivity contribution is 5.79. The first-order valence-corrected chi connectivity index (χ1v) is 8.60. The molecule has 0 bridgehead atoms. The van der Waals surface area contributed by atoms with E-state index in [2.05, 4.69) is 48.2 Å². The summed E-state index contributed by atoms with van der Waals surface area (Å²) in [4.78, 5) is 6.47. The predicted octanol–water partition coefficient (Wildman–Crippen LogP) is 2.41. The molecule has 6 nitrogen and oxygen atoms in total. The Hall–Kier alpha value is -1.95. The molecule has 0 saturated carbocycles. The minimum atomic E-state index is 0.119. The number of methoxy groups -OCH3 is 2. The van der Waals surface area contributed by atoms with Crippen LogP contribution in [0.15, 0.2) is 17.1 Å². The van der Waals surface area contributed by atoms with E-state index in [1.165, 1.54) is 5.56 Å². The van der Waals surface area contributed by atoms with Crippen LogP contribution in [-0.2, 0) is 6.54 Å². The van der Waals surface area contributed by atoms with Crippen LogP contribution in [0.1, 0.15) is 31.9 Å². The summed E-state index contributed by atoms with van der Waals surface area (Å²) in [6.07, 6.45) is 0. The second kappa shape index (κ2) is 9.51. The highest BCUT2D eigenvalue weighted by Crippen LogP contribution is 2.30. The molecule has 1 aromatic rings.